The molecule has 0 radical (unpaired) electrons. The summed E-state index contributed by atoms with van der Waals surface area (Å²) in [5.74, 6) is -0.462. The highest BCUT2D eigenvalue weighted by molar-refractivity contribution is 7.21. The molecule has 1 saturated heterocycles. The number of carbonyl (C=O) groups is 2. The first kappa shape index (κ1) is 23.9. The molecule has 3 unspecified atom stereocenters. The van der Waals surface area contributed by atoms with E-state index in [1.54, 1.807) is 0 Å². The van der Waals surface area contributed by atoms with Crippen molar-refractivity contribution in [2.75, 3.05) is 19.5 Å². The topological polar surface area (TPSA) is 95.6 Å². The molecule has 3 heterocycles. The molecule has 3 atom stereocenters. The number of nitrogens with zero attached hydrogens (tertiary/aromatic N) is 2. The van der Waals surface area contributed by atoms with E-state index >= 15 is 0 Å². The number of pyridine rings is 1. The summed E-state index contributed by atoms with van der Waals surface area (Å²) in [5.41, 5.74) is 9.61. The van der Waals surface area contributed by atoms with E-state index in [4.69, 9.17) is 9.72 Å². The van der Waals surface area contributed by atoms with Crippen LogP contribution in [0, 0.1) is 5.92 Å². The Labute approximate surface area is 209 Å². The van der Waals surface area contributed by atoms with E-state index in [2.05, 4.69) is 59.3 Å². The number of thiophene rings is 1. The van der Waals surface area contributed by atoms with E-state index in [0.717, 1.165) is 35.2 Å². The third-order valence-electron chi connectivity index (χ3n) is 7.00. The highest BCUT2D eigenvalue weighted by atomic mass is 32.1. The van der Waals surface area contributed by atoms with Gasteiger partial charge in [-0.05, 0) is 50.9 Å². The van der Waals surface area contributed by atoms with Crippen LogP contribution in [-0.4, -0.2) is 48.0 Å². The molecule has 2 aromatic heterocycles. The molecule has 1 aliphatic heterocycles. The number of hydrogen-bond donors (Lipinski definition) is 3. The molecule has 0 spiro atoms. The van der Waals surface area contributed by atoms with Crippen LogP contribution in [0.3, 0.4) is 0 Å². The Morgan fingerprint density at radius 1 is 1.20 bits per heavy atom. The summed E-state index contributed by atoms with van der Waals surface area (Å²) >= 11 is 1.26. The maximum absolute atomic E-state index is 12.4. The third-order valence-corrected chi connectivity index (χ3v) is 8.08. The Bertz CT molecular complexity index is 1230. The highest BCUT2D eigenvalue weighted by Crippen LogP contribution is 2.38. The lowest BCUT2D eigenvalue weighted by Gasteiger charge is -2.29. The van der Waals surface area contributed by atoms with Gasteiger partial charge in [0.25, 0.3) is 0 Å². The summed E-state index contributed by atoms with van der Waals surface area (Å²) in [6, 6.07) is 15.3. The number of carbonyl (C=O) groups excluding carboxylic acids is 2. The number of ether oxygens (including phenoxy) is 1. The molecule has 9 heteroatoms. The van der Waals surface area contributed by atoms with E-state index in [9.17, 15) is 9.59 Å². The number of aromatic nitrogens is 1. The first-order valence-electron chi connectivity index (χ1n) is 12.0. The fourth-order valence-electron chi connectivity index (χ4n) is 4.54. The summed E-state index contributed by atoms with van der Waals surface area (Å²) in [7, 11) is 3.45. The molecule has 8 nitrogen and oxygen atoms in total. The average molecular weight is 494 g/mol. The summed E-state index contributed by atoms with van der Waals surface area (Å²) < 4.78 is 4.96. The van der Waals surface area contributed by atoms with Crippen LogP contribution >= 0.6 is 11.3 Å². The lowest BCUT2D eigenvalue weighted by molar-refractivity contribution is -0.117. The second-order valence-corrected chi connectivity index (χ2v) is 10.5. The Morgan fingerprint density at radius 2 is 1.97 bits per heavy atom. The van der Waals surface area contributed by atoms with Gasteiger partial charge < -0.3 is 10.1 Å². The van der Waals surface area contributed by atoms with E-state index in [-0.39, 0.29) is 17.9 Å². The zero-order chi connectivity index (χ0) is 24.5. The lowest BCUT2D eigenvalue weighted by Crippen LogP contribution is -2.45. The Hall–Kier alpha value is -2.85. The molecule has 184 valence electrons. The van der Waals surface area contributed by atoms with Crippen molar-refractivity contribution < 1.29 is 14.3 Å². The fraction of sp³-hybridized carbons (Fsp3) is 0.423. The van der Waals surface area contributed by atoms with E-state index in [1.165, 1.54) is 24.0 Å². The molecule has 1 aliphatic carbocycles. The standard InChI is InChI=1S/C26H31N5O3S/c1-15(20-13-21(30-29-20)16-7-5-4-6-8-16)31(2)14-18-11-12-19-22(28-24(32)17-9-10-17)23(26(33)34-3)35-25(19)27-18/h4-8,11-12,15,17,20-21,29-30H,9-10,13-14H2,1-3H3,(H,28,32). The summed E-state index contributed by atoms with van der Waals surface area (Å²) in [4.78, 5) is 33.0. The molecule has 2 fully saturated rings. The number of amides is 1. The van der Waals surface area contributed by atoms with Crippen LogP contribution < -0.4 is 16.2 Å². The number of hydrogen-bond acceptors (Lipinski definition) is 8. The number of rotatable bonds is 8. The Kier molecular flexibility index (Phi) is 6.84. The van der Waals surface area contributed by atoms with Crippen molar-refractivity contribution in [3.63, 3.8) is 0 Å². The molecule has 3 aromatic rings. The minimum Gasteiger partial charge on any atom is -0.465 e. The fourth-order valence-corrected chi connectivity index (χ4v) is 5.61. The van der Waals surface area contributed by atoms with Crippen molar-refractivity contribution in [2.45, 2.75) is 50.9 Å². The monoisotopic (exact) mass is 493 g/mol. The first-order valence-corrected chi connectivity index (χ1v) is 12.8. The summed E-state index contributed by atoms with van der Waals surface area (Å²) in [6.07, 6.45) is 2.79. The van der Waals surface area contributed by atoms with Crippen LogP contribution in [0.2, 0.25) is 0 Å². The second-order valence-electron chi connectivity index (χ2n) is 9.47. The Morgan fingerprint density at radius 3 is 2.69 bits per heavy atom. The van der Waals surface area contributed by atoms with Gasteiger partial charge in [-0.3, -0.25) is 15.1 Å². The van der Waals surface area contributed by atoms with Gasteiger partial charge in [-0.2, -0.15) is 0 Å². The molecule has 1 amide bonds. The van der Waals surface area contributed by atoms with Gasteiger partial charge in [0.2, 0.25) is 5.91 Å². The molecule has 2 aliphatic rings. The van der Waals surface area contributed by atoms with E-state index < -0.39 is 5.97 Å². The predicted molar refractivity (Wildman–Crippen MR) is 137 cm³/mol. The molecule has 1 aromatic carbocycles. The lowest BCUT2D eigenvalue weighted by atomic mass is 9.98. The zero-order valence-electron chi connectivity index (χ0n) is 20.2. The van der Waals surface area contributed by atoms with Crippen LogP contribution in [0.5, 0.6) is 0 Å². The van der Waals surface area contributed by atoms with Gasteiger partial charge >= 0.3 is 5.97 Å². The maximum Gasteiger partial charge on any atom is 0.350 e. The van der Waals surface area contributed by atoms with Crippen molar-refractivity contribution in [3.05, 3.63) is 58.6 Å². The maximum atomic E-state index is 12.4. The number of benzene rings is 1. The van der Waals surface area contributed by atoms with Crippen LogP contribution in [0.1, 0.15) is 53.2 Å². The number of anilines is 1. The number of fused-ring (bicyclic) bond motifs is 1. The van der Waals surface area contributed by atoms with Crippen LogP contribution in [0.4, 0.5) is 5.69 Å². The molecular formula is C26H31N5O3S. The van der Waals surface area contributed by atoms with Crippen molar-refractivity contribution in [3.8, 4) is 0 Å². The van der Waals surface area contributed by atoms with E-state index in [1.807, 2.05) is 18.2 Å². The SMILES string of the molecule is COC(=O)c1sc2nc(CN(C)C(C)C3CC(c4ccccc4)NN3)ccc2c1NC(=O)C1CC1. The van der Waals surface area contributed by atoms with Gasteiger partial charge in [0.05, 0.1) is 18.5 Å². The van der Waals surface area contributed by atoms with Gasteiger partial charge in [-0.25, -0.2) is 15.2 Å². The van der Waals surface area contributed by atoms with Crippen LogP contribution in [0.15, 0.2) is 42.5 Å². The van der Waals surface area contributed by atoms with Gasteiger partial charge in [-0.1, -0.05) is 30.3 Å². The largest absolute Gasteiger partial charge is 0.465 e. The van der Waals surface area contributed by atoms with Gasteiger partial charge in [0.1, 0.15) is 9.71 Å². The number of esters is 1. The first-order chi connectivity index (χ1) is 16.9. The quantitative estimate of drug-likeness (QED) is 0.410. The van der Waals surface area contributed by atoms with Gasteiger partial charge in [-0.15, -0.1) is 11.3 Å². The minimum absolute atomic E-state index is 0.0398. The summed E-state index contributed by atoms with van der Waals surface area (Å²) in [6.45, 7) is 2.89. The zero-order valence-corrected chi connectivity index (χ0v) is 21.0. The normalized spacial score (nSPS) is 20.8. The predicted octanol–water partition coefficient (Wildman–Crippen LogP) is 3.86. The molecule has 35 heavy (non-hydrogen) atoms. The Balaban J connectivity index is 1.30. The number of nitrogens with one attached hydrogen (secondary N) is 3. The van der Waals surface area contributed by atoms with Crippen molar-refractivity contribution in [1.82, 2.24) is 20.7 Å². The number of hydrazine groups is 1. The van der Waals surface area contributed by atoms with Gasteiger partial charge in [0.15, 0.2) is 0 Å². The number of methoxy groups -OCH3 is 1. The van der Waals surface area contributed by atoms with Crippen molar-refractivity contribution in [2.24, 2.45) is 5.92 Å². The molecular weight excluding hydrogens is 462 g/mol. The van der Waals surface area contributed by atoms with Crippen LogP contribution in [0.25, 0.3) is 10.2 Å². The smallest absolute Gasteiger partial charge is 0.350 e. The minimum atomic E-state index is -0.459. The van der Waals surface area contributed by atoms with Crippen LogP contribution in [-0.2, 0) is 16.1 Å². The molecule has 5 rings (SSSR count). The van der Waals surface area contributed by atoms with E-state index in [0.29, 0.717) is 29.2 Å². The highest BCUT2D eigenvalue weighted by Gasteiger charge is 2.33. The second kappa shape index (κ2) is 10.0. The number of likely N-dealkylation sites (N-methyl/N-ethyl adjacent to an activating group) is 1. The van der Waals surface area contributed by atoms with Gasteiger partial charge in [0, 0.05) is 36.0 Å². The average Bonchev–Trinajstić information content (AvgIpc) is 3.51. The molecule has 1 saturated carbocycles. The third kappa shape index (κ3) is 5.08. The molecule has 0 bridgehead atoms. The summed E-state index contributed by atoms with van der Waals surface area (Å²) in [5, 5.41) is 3.72. The van der Waals surface area contributed by atoms with Crippen molar-refractivity contribution >= 4 is 39.1 Å². The van der Waals surface area contributed by atoms with Crippen molar-refractivity contribution in [1.29, 1.82) is 0 Å². The molecule has 3 N–H and O–H groups in total.